The number of anilines is 1. The van der Waals surface area contributed by atoms with Gasteiger partial charge in [0.2, 0.25) is 0 Å². The summed E-state index contributed by atoms with van der Waals surface area (Å²) in [4.78, 5) is 0. The minimum Gasteiger partial charge on any atom is -0.385 e. The molecular weight excluding hydrogens is 214 g/mol. The Bertz CT molecular complexity index is 331. The smallest absolute Gasteiger partial charge is 0.167 e. The Kier molecular flexibility index (Phi) is 4.40. The topological polar surface area (TPSA) is 30.5 Å². The average Bonchev–Trinajstić information content (AvgIpc) is 2.30. The molecule has 1 aliphatic rings. The SMILES string of the molecule is CCCCNc1ccc(CC2OC(C)O2)cc1. The fourth-order valence-corrected chi connectivity index (χ4v) is 1.89. The maximum atomic E-state index is 5.41. The monoisotopic (exact) mass is 235 g/mol. The number of rotatable bonds is 6. The third-order valence-corrected chi connectivity index (χ3v) is 2.90. The Balaban J connectivity index is 1.77. The molecule has 1 aliphatic heterocycles. The third kappa shape index (κ3) is 3.72. The van der Waals surface area contributed by atoms with Crippen LogP contribution < -0.4 is 5.32 Å². The standard InChI is InChI=1S/C14H21NO2/c1-3-4-9-15-13-7-5-12(6-8-13)10-14-16-11(2)17-14/h5-8,11,14-15H,3-4,9-10H2,1-2H3. The molecule has 1 heterocycles. The number of hydrogen-bond acceptors (Lipinski definition) is 3. The van der Waals surface area contributed by atoms with E-state index in [2.05, 4.69) is 36.5 Å². The Hall–Kier alpha value is -1.06. The Labute approximate surface area is 103 Å². The fraction of sp³-hybridized carbons (Fsp3) is 0.571. The molecule has 2 rings (SSSR count). The minimum atomic E-state index is -0.0519. The van der Waals surface area contributed by atoms with E-state index in [-0.39, 0.29) is 12.6 Å². The zero-order valence-electron chi connectivity index (χ0n) is 10.6. The van der Waals surface area contributed by atoms with Crippen molar-refractivity contribution in [2.75, 3.05) is 11.9 Å². The molecule has 0 saturated carbocycles. The third-order valence-electron chi connectivity index (χ3n) is 2.90. The first-order valence-corrected chi connectivity index (χ1v) is 6.41. The van der Waals surface area contributed by atoms with Crippen LogP contribution in [-0.4, -0.2) is 19.1 Å². The van der Waals surface area contributed by atoms with E-state index in [0.717, 1.165) is 13.0 Å². The van der Waals surface area contributed by atoms with Crippen LogP contribution in [0.4, 0.5) is 5.69 Å². The first-order chi connectivity index (χ1) is 8.28. The molecule has 1 fully saturated rings. The van der Waals surface area contributed by atoms with Crippen molar-refractivity contribution >= 4 is 5.69 Å². The van der Waals surface area contributed by atoms with E-state index < -0.39 is 0 Å². The summed E-state index contributed by atoms with van der Waals surface area (Å²) < 4.78 is 10.8. The van der Waals surface area contributed by atoms with E-state index in [0.29, 0.717) is 0 Å². The van der Waals surface area contributed by atoms with Gasteiger partial charge in [-0.25, -0.2) is 0 Å². The second-order valence-electron chi connectivity index (χ2n) is 4.45. The van der Waals surface area contributed by atoms with Gasteiger partial charge in [-0.1, -0.05) is 25.5 Å². The van der Waals surface area contributed by atoms with Crippen molar-refractivity contribution in [1.82, 2.24) is 0 Å². The molecule has 1 N–H and O–H groups in total. The molecule has 1 saturated heterocycles. The molecule has 3 heteroatoms. The van der Waals surface area contributed by atoms with Gasteiger partial charge in [-0.3, -0.25) is 0 Å². The summed E-state index contributed by atoms with van der Waals surface area (Å²) in [6, 6.07) is 8.49. The van der Waals surface area contributed by atoms with Gasteiger partial charge in [-0.2, -0.15) is 0 Å². The van der Waals surface area contributed by atoms with Gasteiger partial charge in [0.15, 0.2) is 12.6 Å². The largest absolute Gasteiger partial charge is 0.385 e. The summed E-state index contributed by atoms with van der Waals surface area (Å²) in [6.45, 7) is 5.16. The fourth-order valence-electron chi connectivity index (χ4n) is 1.89. The van der Waals surface area contributed by atoms with Gasteiger partial charge in [0.25, 0.3) is 0 Å². The number of hydrogen-bond donors (Lipinski definition) is 1. The first kappa shape index (κ1) is 12.4. The zero-order chi connectivity index (χ0) is 12.1. The van der Waals surface area contributed by atoms with E-state index in [9.17, 15) is 0 Å². The van der Waals surface area contributed by atoms with Crippen LogP contribution in [0.1, 0.15) is 32.3 Å². The quantitative estimate of drug-likeness (QED) is 0.768. The zero-order valence-corrected chi connectivity index (χ0v) is 10.6. The molecule has 1 aromatic carbocycles. The van der Waals surface area contributed by atoms with Crippen LogP contribution in [0.15, 0.2) is 24.3 Å². The molecule has 17 heavy (non-hydrogen) atoms. The lowest BCUT2D eigenvalue weighted by atomic mass is 10.1. The maximum absolute atomic E-state index is 5.41. The molecular formula is C14H21NO2. The second kappa shape index (κ2) is 6.03. The Morgan fingerprint density at radius 2 is 1.88 bits per heavy atom. The Morgan fingerprint density at radius 1 is 1.18 bits per heavy atom. The molecule has 0 bridgehead atoms. The van der Waals surface area contributed by atoms with E-state index in [1.807, 2.05) is 6.92 Å². The van der Waals surface area contributed by atoms with E-state index >= 15 is 0 Å². The van der Waals surface area contributed by atoms with E-state index in [1.165, 1.54) is 24.1 Å². The van der Waals surface area contributed by atoms with Crippen LogP contribution in [0.25, 0.3) is 0 Å². The average molecular weight is 235 g/mol. The van der Waals surface area contributed by atoms with E-state index in [1.54, 1.807) is 0 Å². The lowest BCUT2D eigenvalue weighted by molar-refractivity contribution is -0.374. The maximum Gasteiger partial charge on any atom is 0.167 e. The van der Waals surface area contributed by atoms with Gasteiger partial charge < -0.3 is 14.8 Å². The summed E-state index contributed by atoms with van der Waals surface area (Å²) >= 11 is 0. The molecule has 3 nitrogen and oxygen atoms in total. The lowest BCUT2D eigenvalue weighted by Crippen LogP contribution is -2.40. The predicted octanol–water partition coefficient (Wildman–Crippen LogP) is 3.16. The van der Waals surface area contributed by atoms with Crippen LogP contribution >= 0.6 is 0 Å². The number of ether oxygens (including phenoxy) is 2. The normalized spacial score (nSPS) is 23.2. The highest BCUT2D eigenvalue weighted by molar-refractivity contribution is 5.44. The lowest BCUT2D eigenvalue weighted by Gasteiger charge is -2.33. The van der Waals surface area contributed by atoms with Crippen molar-refractivity contribution in [3.05, 3.63) is 29.8 Å². The molecule has 0 unspecified atom stereocenters. The van der Waals surface area contributed by atoms with Crippen LogP contribution in [0.5, 0.6) is 0 Å². The van der Waals surface area contributed by atoms with Crippen molar-refractivity contribution in [3.63, 3.8) is 0 Å². The molecule has 1 aromatic rings. The van der Waals surface area contributed by atoms with Gasteiger partial charge >= 0.3 is 0 Å². The number of benzene rings is 1. The van der Waals surface area contributed by atoms with Crippen LogP contribution in [0.3, 0.4) is 0 Å². The van der Waals surface area contributed by atoms with Gasteiger partial charge in [-0.05, 0) is 31.0 Å². The highest BCUT2D eigenvalue weighted by Crippen LogP contribution is 2.20. The first-order valence-electron chi connectivity index (χ1n) is 6.41. The Morgan fingerprint density at radius 3 is 2.47 bits per heavy atom. The molecule has 0 amide bonds. The highest BCUT2D eigenvalue weighted by Gasteiger charge is 2.26. The molecule has 0 spiro atoms. The van der Waals surface area contributed by atoms with Gasteiger partial charge in [-0.15, -0.1) is 0 Å². The molecule has 0 radical (unpaired) electrons. The molecule has 94 valence electrons. The summed E-state index contributed by atoms with van der Waals surface area (Å²) in [7, 11) is 0. The molecule has 0 aromatic heterocycles. The summed E-state index contributed by atoms with van der Waals surface area (Å²) in [5.41, 5.74) is 2.44. The van der Waals surface area contributed by atoms with Crippen molar-refractivity contribution in [1.29, 1.82) is 0 Å². The van der Waals surface area contributed by atoms with E-state index in [4.69, 9.17) is 9.47 Å². The van der Waals surface area contributed by atoms with Crippen molar-refractivity contribution in [3.8, 4) is 0 Å². The molecule has 0 aliphatic carbocycles. The molecule has 0 atom stereocenters. The summed E-state index contributed by atoms with van der Waals surface area (Å²) in [5, 5.41) is 3.40. The van der Waals surface area contributed by atoms with Gasteiger partial charge in [0.05, 0.1) is 0 Å². The van der Waals surface area contributed by atoms with Crippen molar-refractivity contribution < 1.29 is 9.47 Å². The van der Waals surface area contributed by atoms with Gasteiger partial charge in [0.1, 0.15) is 0 Å². The number of unbranched alkanes of at least 4 members (excludes halogenated alkanes) is 1. The van der Waals surface area contributed by atoms with Gasteiger partial charge in [0, 0.05) is 18.7 Å². The van der Waals surface area contributed by atoms with Crippen LogP contribution in [0.2, 0.25) is 0 Å². The van der Waals surface area contributed by atoms with Crippen LogP contribution in [-0.2, 0) is 15.9 Å². The highest BCUT2D eigenvalue weighted by atomic mass is 16.9. The second-order valence-corrected chi connectivity index (χ2v) is 4.45. The van der Waals surface area contributed by atoms with Crippen LogP contribution in [0, 0.1) is 0 Å². The number of nitrogens with one attached hydrogen (secondary N) is 1. The summed E-state index contributed by atoms with van der Waals surface area (Å²) in [6.07, 6.45) is 3.18. The van der Waals surface area contributed by atoms with Crippen molar-refractivity contribution in [2.45, 2.75) is 45.7 Å². The minimum absolute atomic E-state index is 0.0324. The summed E-state index contributed by atoms with van der Waals surface area (Å²) in [5.74, 6) is 0. The van der Waals surface area contributed by atoms with Crippen molar-refractivity contribution in [2.24, 2.45) is 0 Å². The predicted molar refractivity (Wildman–Crippen MR) is 69.0 cm³/mol.